The van der Waals surface area contributed by atoms with Gasteiger partial charge in [-0.1, -0.05) is 67.2 Å². The van der Waals surface area contributed by atoms with Gasteiger partial charge in [-0.2, -0.15) is 0 Å². The average molecular weight is 404 g/mol. The lowest BCUT2D eigenvalue weighted by Crippen LogP contribution is -2.17. The Morgan fingerprint density at radius 1 is 1.07 bits per heavy atom. The van der Waals surface area contributed by atoms with E-state index in [-0.39, 0.29) is 11.2 Å². The van der Waals surface area contributed by atoms with E-state index in [1.54, 1.807) is 6.33 Å². The Bertz CT molecular complexity index is 1130. The molecule has 2 aromatic carbocycles. The maximum absolute atomic E-state index is 12.2. The summed E-state index contributed by atoms with van der Waals surface area (Å²) < 4.78 is 7.04. The third-order valence-electron chi connectivity index (χ3n) is 4.76. The Kier molecular flexibility index (Phi) is 5.62. The van der Waals surface area contributed by atoms with Crippen LogP contribution in [0.3, 0.4) is 0 Å². The molecule has 0 aliphatic heterocycles. The van der Waals surface area contributed by atoms with Gasteiger partial charge in [-0.25, -0.2) is 9.97 Å². The predicted molar refractivity (Wildman–Crippen MR) is 116 cm³/mol. The Labute approximate surface area is 173 Å². The minimum absolute atomic E-state index is 0.243. The van der Waals surface area contributed by atoms with Gasteiger partial charge in [-0.3, -0.25) is 4.79 Å². The lowest BCUT2D eigenvalue weighted by Gasteiger charge is -2.12. The van der Waals surface area contributed by atoms with Crippen LogP contribution in [0.1, 0.15) is 13.3 Å². The van der Waals surface area contributed by atoms with Gasteiger partial charge < -0.3 is 9.30 Å². The molecule has 0 aliphatic carbocycles. The van der Waals surface area contributed by atoms with Crippen LogP contribution in [-0.2, 0) is 9.53 Å². The number of fused-ring (bicyclic) bond motifs is 1. The molecule has 4 aromatic rings. The van der Waals surface area contributed by atoms with Crippen LogP contribution in [0.4, 0.5) is 0 Å². The lowest BCUT2D eigenvalue weighted by atomic mass is 10.1. The molecule has 0 amide bonds. The van der Waals surface area contributed by atoms with Crippen molar-refractivity contribution in [3.8, 4) is 16.8 Å². The normalized spacial score (nSPS) is 12.1. The van der Waals surface area contributed by atoms with Gasteiger partial charge in [0.1, 0.15) is 22.3 Å². The van der Waals surface area contributed by atoms with Crippen molar-refractivity contribution in [1.82, 2.24) is 14.5 Å². The molecular weight excluding hydrogens is 382 g/mol. The van der Waals surface area contributed by atoms with Gasteiger partial charge in [-0.05, 0) is 24.1 Å². The number of rotatable bonds is 6. The van der Waals surface area contributed by atoms with Crippen molar-refractivity contribution in [3.63, 3.8) is 0 Å². The number of methoxy groups -OCH3 is 1. The first-order valence-corrected chi connectivity index (χ1v) is 10.3. The molecule has 2 heterocycles. The zero-order valence-corrected chi connectivity index (χ0v) is 17.1. The number of esters is 1. The molecule has 0 N–H and O–H groups in total. The van der Waals surface area contributed by atoms with Gasteiger partial charge in [0.25, 0.3) is 0 Å². The van der Waals surface area contributed by atoms with Gasteiger partial charge in [0, 0.05) is 17.4 Å². The Morgan fingerprint density at radius 2 is 1.76 bits per heavy atom. The molecule has 5 nitrogen and oxygen atoms in total. The molecule has 29 heavy (non-hydrogen) atoms. The lowest BCUT2D eigenvalue weighted by molar-refractivity contribution is -0.140. The summed E-state index contributed by atoms with van der Waals surface area (Å²) in [6, 6.07) is 20.3. The number of hydrogen-bond donors (Lipinski definition) is 0. The van der Waals surface area contributed by atoms with Crippen LogP contribution < -0.4 is 0 Å². The molecule has 0 spiro atoms. The third-order valence-corrected chi connectivity index (χ3v) is 6.10. The fourth-order valence-electron chi connectivity index (χ4n) is 3.31. The van der Waals surface area contributed by atoms with Gasteiger partial charge in [0.2, 0.25) is 0 Å². The van der Waals surface area contributed by atoms with Crippen LogP contribution in [-0.4, -0.2) is 32.9 Å². The summed E-state index contributed by atoms with van der Waals surface area (Å²) in [5.74, 6) is -0.243. The summed E-state index contributed by atoms with van der Waals surface area (Å²) in [6.07, 6.45) is 4.30. The quantitative estimate of drug-likeness (QED) is 0.254. The number of aromatic nitrogens is 3. The second-order valence-electron chi connectivity index (χ2n) is 6.53. The number of carbonyl (C=O) groups is 1. The van der Waals surface area contributed by atoms with E-state index in [9.17, 15) is 4.79 Å². The van der Waals surface area contributed by atoms with Crippen molar-refractivity contribution in [3.05, 3.63) is 73.2 Å². The summed E-state index contributed by atoms with van der Waals surface area (Å²) in [5.41, 5.74) is 3.95. The molecular formula is C23H21N3O2S. The van der Waals surface area contributed by atoms with Gasteiger partial charge in [0.15, 0.2) is 0 Å². The van der Waals surface area contributed by atoms with Crippen LogP contribution in [0.15, 0.2) is 78.2 Å². The van der Waals surface area contributed by atoms with Crippen molar-refractivity contribution >= 4 is 28.8 Å². The number of nitrogens with zero attached hydrogens (tertiary/aromatic N) is 3. The molecule has 6 heteroatoms. The van der Waals surface area contributed by atoms with Gasteiger partial charge >= 0.3 is 5.97 Å². The topological polar surface area (TPSA) is 57.0 Å². The van der Waals surface area contributed by atoms with Crippen LogP contribution in [0.2, 0.25) is 0 Å². The third kappa shape index (κ3) is 3.76. The molecule has 0 bridgehead atoms. The van der Waals surface area contributed by atoms with E-state index < -0.39 is 0 Å². The zero-order chi connectivity index (χ0) is 20.2. The van der Waals surface area contributed by atoms with E-state index in [0.717, 1.165) is 32.9 Å². The maximum Gasteiger partial charge on any atom is 0.319 e. The van der Waals surface area contributed by atoms with Crippen LogP contribution in [0, 0.1) is 0 Å². The molecule has 0 fully saturated rings. The Morgan fingerprint density at radius 3 is 2.41 bits per heavy atom. The zero-order valence-electron chi connectivity index (χ0n) is 16.3. The number of thioether (sulfide) groups is 1. The SMILES string of the molecule is CCC(Sc1ncnc2c1c(-c1ccccc1)cn2-c1ccccc1)C(=O)OC. The van der Waals surface area contributed by atoms with Crippen molar-refractivity contribution in [2.75, 3.05) is 7.11 Å². The maximum atomic E-state index is 12.2. The smallest absolute Gasteiger partial charge is 0.319 e. The number of benzene rings is 2. The monoisotopic (exact) mass is 403 g/mol. The van der Waals surface area contributed by atoms with Crippen LogP contribution >= 0.6 is 11.8 Å². The van der Waals surface area contributed by atoms with Crippen molar-refractivity contribution < 1.29 is 9.53 Å². The highest BCUT2D eigenvalue weighted by molar-refractivity contribution is 8.00. The highest BCUT2D eigenvalue weighted by atomic mass is 32.2. The van der Waals surface area contributed by atoms with E-state index in [2.05, 4.69) is 32.9 Å². The van der Waals surface area contributed by atoms with E-state index in [0.29, 0.717) is 6.42 Å². The Balaban J connectivity index is 1.94. The summed E-state index contributed by atoms with van der Waals surface area (Å²) >= 11 is 1.43. The first kappa shape index (κ1) is 19.2. The highest BCUT2D eigenvalue weighted by Gasteiger charge is 2.23. The highest BCUT2D eigenvalue weighted by Crippen LogP contribution is 2.38. The van der Waals surface area contributed by atoms with E-state index in [1.165, 1.54) is 18.9 Å². The van der Waals surface area contributed by atoms with Crippen molar-refractivity contribution in [1.29, 1.82) is 0 Å². The molecule has 1 atom stereocenters. The van der Waals surface area contributed by atoms with E-state index >= 15 is 0 Å². The largest absolute Gasteiger partial charge is 0.468 e. The number of carbonyl (C=O) groups excluding carboxylic acids is 1. The molecule has 0 saturated carbocycles. The number of hydrogen-bond acceptors (Lipinski definition) is 5. The van der Waals surface area contributed by atoms with E-state index in [1.807, 2.05) is 55.5 Å². The molecule has 0 radical (unpaired) electrons. The van der Waals surface area contributed by atoms with Crippen molar-refractivity contribution in [2.45, 2.75) is 23.6 Å². The fourth-order valence-corrected chi connectivity index (χ4v) is 4.37. The first-order valence-electron chi connectivity index (χ1n) is 9.44. The number of ether oxygens (including phenoxy) is 1. The second kappa shape index (κ2) is 8.49. The first-order chi connectivity index (χ1) is 14.2. The van der Waals surface area contributed by atoms with Crippen LogP contribution in [0.25, 0.3) is 27.8 Å². The van der Waals surface area contributed by atoms with E-state index in [4.69, 9.17) is 4.74 Å². The summed E-state index contributed by atoms with van der Waals surface area (Å²) in [6.45, 7) is 1.97. The standard InChI is InChI=1S/C23H21N3O2S/c1-3-19(23(27)28-2)29-22-20-18(16-10-6-4-7-11-16)14-26(21(20)24-15-25-22)17-12-8-5-9-13-17/h4-15,19H,3H2,1-2H3. The van der Waals surface area contributed by atoms with Crippen LogP contribution in [0.5, 0.6) is 0 Å². The van der Waals surface area contributed by atoms with Crippen molar-refractivity contribution in [2.24, 2.45) is 0 Å². The summed E-state index contributed by atoms with van der Waals surface area (Å²) in [4.78, 5) is 21.3. The Hall–Kier alpha value is -3.12. The molecule has 146 valence electrons. The predicted octanol–water partition coefficient (Wildman–Crippen LogP) is 5.13. The van der Waals surface area contributed by atoms with Gasteiger partial charge in [-0.15, -0.1) is 0 Å². The molecule has 2 aromatic heterocycles. The average Bonchev–Trinajstić information content (AvgIpc) is 3.18. The molecule has 4 rings (SSSR count). The fraction of sp³-hybridized carbons (Fsp3) is 0.174. The van der Waals surface area contributed by atoms with Gasteiger partial charge in [0.05, 0.1) is 12.5 Å². The summed E-state index contributed by atoms with van der Waals surface area (Å²) in [5, 5.41) is 1.40. The minimum atomic E-state index is -0.318. The molecule has 0 aliphatic rings. The summed E-state index contributed by atoms with van der Waals surface area (Å²) in [7, 11) is 1.42. The number of para-hydroxylation sites is 1. The minimum Gasteiger partial charge on any atom is -0.468 e. The molecule has 0 saturated heterocycles. The molecule has 1 unspecified atom stereocenters. The second-order valence-corrected chi connectivity index (χ2v) is 7.72.